The Morgan fingerprint density at radius 2 is 1.71 bits per heavy atom. The lowest BCUT2D eigenvalue weighted by Crippen LogP contribution is -2.16. The highest BCUT2D eigenvalue weighted by Crippen LogP contribution is 2.32. The molecule has 0 heterocycles. The van der Waals surface area contributed by atoms with Gasteiger partial charge in [-0.2, -0.15) is 13.2 Å². The smallest absolute Gasteiger partial charge is 0.387 e. The molecule has 0 unspecified atom stereocenters. The van der Waals surface area contributed by atoms with Crippen LogP contribution in [0.5, 0.6) is 0 Å². The maximum absolute atomic E-state index is 12.7. The van der Waals surface area contributed by atoms with Crippen molar-refractivity contribution >= 4 is 17.3 Å². The van der Waals surface area contributed by atoms with E-state index in [-0.39, 0.29) is 5.56 Å². The van der Waals surface area contributed by atoms with Crippen LogP contribution in [0, 0.1) is 0 Å². The van der Waals surface area contributed by atoms with Crippen LogP contribution in [0.3, 0.4) is 0 Å². The molecule has 1 amide bonds. The van der Waals surface area contributed by atoms with Gasteiger partial charge in [-0.1, -0.05) is 18.2 Å². The van der Waals surface area contributed by atoms with Gasteiger partial charge >= 0.3 is 6.18 Å². The number of rotatable bonds is 3. The third kappa shape index (κ3) is 3.53. The number of carbonyl (C=O) groups is 1. The van der Waals surface area contributed by atoms with Crippen molar-refractivity contribution in [2.75, 3.05) is 17.7 Å². The van der Waals surface area contributed by atoms with Gasteiger partial charge in [0.1, 0.15) is 0 Å². The molecule has 0 saturated heterocycles. The fourth-order valence-corrected chi connectivity index (χ4v) is 1.85. The van der Waals surface area contributed by atoms with E-state index in [1.165, 1.54) is 6.07 Å². The predicted octanol–water partition coefficient (Wildman–Crippen LogP) is 4.00. The van der Waals surface area contributed by atoms with Crippen molar-refractivity contribution in [2.24, 2.45) is 0 Å². The molecule has 110 valence electrons. The zero-order valence-electron chi connectivity index (χ0n) is 11.2. The number of hydrogen-bond acceptors (Lipinski definition) is 2. The van der Waals surface area contributed by atoms with Crippen LogP contribution in [-0.4, -0.2) is 13.0 Å². The minimum absolute atomic E-state index is 0.0591. The van der Waals surface area contributed by atoms with Crippen LogP contribution < -0.4 is 10.6 Å². The van der Waals surface area contributed by atoms with Gasteiger partial charge in [-0.25, -0.2) is 0 Å². The van der Waals surface area contributed by atoms with E-state index in [0.29, 0.717) is 11.4 Å². The number of amides is 1. The summed E-state index contributed by atoms with van der Waals surface area (Å²) in [6.45, 7) is 0. The molecule has 0 aliphatic heterocycles. The summed E-state index contributed by atoms with van der Waals surface area (Å²) >= 11 is 0. The molecule has 0 bridgehead atoms. The number of halogens is 3. The van der Waals surface area contributed by atoms with Gasteiger partial charge in [-0.15, -0.1) is 0 Å². The van der Waals surface area contributed by atoms with E-state index in [2.05, 4.69) is 10.6 Å². The fraction of sp³-hybridized carbons (Fsp3) is 0.133. The molecule has 2 rings (SSSR count). The fourth-order valence-electron chi connectivity index (χ4n) is 1.85. The second-order valence-electron chi connectivity index (χ2n) is 4.33. The highest BCUT2D eigenvalue weighted by molar-refractivity contribution is 6.08. The molecule has 0 atom stereocenters. The van der Waals surface area contributed by atoms with Gasteiger partial charge in [0.15, 0.2) is 0 Å². The Morgan fingerprint density at radius 3 is 2.29 bits per heavy atom. The van der Waals surface area contributed by atoms with Crippen LogP contribution in [0.4, 0.5) is 24.5 Å². The number of carbonyl (C=O) groups excluding carboxylic acids is 1. The molecule has 21 heavy (non-hydrogen) atoms. The highest BCUT2D eigenvalue weighted by atomic mass is 19.4. The largest absolute Gasteiger partial charge is 0.416 e. The predicted molar refractivity (Wildman–Crippen MR) is 75.4 cm³/mol. The maximum atomic E-state index is 12.7. The number of hydrogen-bond donors (Lipinski definition) is 2. The third-order valence-corrected chi connectivity index (χ3v) is 2.89. The molecule has 0 saturated carbocycles. The first kappa shape index (κ1) is 14.9. The number of para-hydroxylation sites is 1. The first-order valence-electron chi connectivity index (χ1n) is 6.17. The van der Waals surface area contributed by atoms with Gasteiger partial charge in [0.05, 0.1) is 11.1 Å². The van der Waals surface area contributed by atoms with E-state index in [9.17, 15) is 18.0 Å². The Labute approximate surface area is 119 Å². The molecule has 0 fully saturated rings. The van der Waals surface area contributed by atoms with Crippen LogP contribution in [0.2, 0.25) is 0 Å². The van der Waals surface area contributed by atoms with Gasteiger partial charge in [-0.05, 0) is 30.3 Å². The van der Waals surface area contributed by atoms with Crippen molar-refractivity contribution < 1.29 is 18.0 Å². The van der Waals surface area contributed by atoms with Gasteiger partial charge in [0.2, 0.25) is 0 Å². The van der Waals surface area contributed by atoms with E-state index in [0.717, 1.165) is 12.1 Å². The van der Waals surface area contributed by atoms with Crippen molar-refractivity contribution in [1.29, 1.82) is 0 Å². The second kappa shape index (κ2) is 5.87. The van der Waals surface area contributed by atoms with Gasteiger partial charge in [0, 0.05) is 18.4 Å². The molecule has 3 nitrogen and oxygen atoms in total. The zero-order valence-corrected chi connectivity index (χ0v) is 11.2. The van der Waals surface area contributed by atoms with Crippen molar-refractivity contribution in [3.63, 3.8) is 0 Å². The summed E-state index contributed by atoms with van der Waals surface area (Å²) in [5, 5.41) is 5.28. The van der Waals surface area contributed by atoms with Crippen molar-refractivity contribution in [2.45, 2.75) is 6.18 Å². The Kier molecular flexibility index (Phi) is 4.16. The number of anilines is 2. The molecule has 0 radical (unpaired) electrons. The Hall–Kier alpha value is -2.50. The molecular weight excluding hydrogens is 281 g/mol. The molecule has 0 spiro atoms. The lowest BCUT2D eigenvalue weighted by molar-refractivity contribution is -0.137. The van der Waals surface area contributed by atoms with Gasteiger partial charge < -0.3 is 10.6 Å². The summed E-state index contributed by atoms with van der Waals surface area (Å²) in [4.78, 5) is 12.2. The minimum Gasteiger partial charge on any atom is -0.387 e. The van der Waals surface area contributed by atoms with Crippen LogP contribution in [-0.2, 0) is 6.18 Å². The monoisotopic (exact) mass is 294 g/mol. The average molecular weight is 294 g/mol. The third-order valence-electron chi connectivity index (χ3n) is 2.89. The summed E-state index contributed by atoms with van der Waals surface area (Å²) in [5.74, 6) is -0.600. The molecule has 0 aliphatic carbocycles. The lowest BCUT2D eigenvalue weighted by Gasteiger charge is -2.13. The van der Waals surface area contributed by atoms with Gasteiger partial charge in [-0.3, -0.25) is 4.79 Å². The molecule has 2 aromatic carbocycles. The summed E-state index contributed by atoms with van der Waals surface area (Å²) in [5.41, 5.74) is -0.0747. The Balaban J connectivity index is 2.34. The number of nitrogens with one attached hydrogen (secondary N) is 2. The molecule has 2 aromatic rings. The van der Waals surface area contributed by atoms with Crippen molar-refractivity contribution in [3.8, 4) is 0 Å². The zero-order chi connectivity index (χ0) is 15.5. The van der Waals surface area contributed by atoms with E-state index in [1.54, 1.807) is 37.4 Å². The minimum atomic E-state index is -4.49. The highest BCUT2D eigenvalue weighted by Gasteiger charge is 2.31. The molecule has 2 N–H and O–H groups in total. The van der Waals surface area contributed by atoms with E-state index in [4.69, 9.17) is 0 Å². The molecular formula is C15H13F3N2O. The quantitative estimate of drug-likeness (QED) is 0.898. The van der Waals surface area contributed by atoms with Crippen LogP contribution in [0.25, 0.3) is 0 Å². The van der Waals surface area contributed by atoms with E-state index in [1.807, 2.05) is 0 Å². The summed E-state index contributed by atoms with van der Waals surface area (Å²) < 4.78 is 38.2. The Morgan fingerprint density at radius 1 is 1.05 bits per heavy atom. The number of benzene rings is 2. The van der Waals surface area contributed by atoms with Crippen LogP contribution in [0.1, 0.15) is 15.9 Å². The topological polar surface area (TPSA) is 41.1 Å². The van der Waals surface area contributed by atoms with E-state index < -0.39 is 17.6 Å². The summed E-state index contributed by atoms with van der Waals surface area (Å²) in [7, 11) is 1.54. The van der Waals surface area contributed by atoms with Crippen molar-refractivity contribution in [3.05, 3.63) is 59.7 Å². The van der Waals surface area contributed by atoms with E-state index >= 15 is 0 Å². The molecule has 0 aromatic heterocycles. The summed E-state index contributed by atoms with van der Waals surface area (Å²) in [6, 6.07) is 11.5. The summed E-state index contributed by atoms with van der Waals surface area (Å²) in [6.07, 6.45) is -4.49. The van der Waals surface area contributed by atoms with Crippen LogP contribution >= 0.6 is 0 Å². The van der Waals surface area contributed by atoms with Crippen molar-refractivity contribution in [1.82, 2.24) is 0 Å². The number of alkyl halides is 3. The maximum Gasteiger partial charge on any atom is 0.416 e. The first-order valence-corrected chi connectivity index (χ1v) is 6.17. The standard InChI is InChI=1S/C15H13F3N2O/c1-19-13-8-7-10(15(16,17)18)9-12(13)14(21)20-11-5-3-2-4-6-11/h2-9,19H,1H3,(H,20,21). The Bertz CT molecular complexity index is 639. The SMILES string of the molecule is CNc1ccc(C(F)(F)F)cc1C(=O)Nc1ccccc1. The molecule has 6 heteroatoms. The normalized spacial score (nSPS) is 11.0. The van der Waals surface area contributed by atoms with Crippen LogP contribution in [0.15, 0.2) is 48.5 Å². The lowest BCUT2D eigenvalue weighted by atomic mass is 10.1. The second-order valence-corrected chi connectivity index (χ2v) is 4.33. The molecule has 0 aliphatic rings. The van der Waals surface area contributed by atoms with Gasteiger partial charge in [0.25, 0.3) is 5.91 Å². The first-order chi connectivity index (χ1) is 9.91. The average Bonchev–Trinajstić information content (AvgIpc) is 2.46.